The van der Waals surface area contributed by atoms with Gasteiger partial charge in [0.1, 0.15) is 5.82 Å². The maximum atomic E-state index is 5.94. The summed E-state index contributed by atoms with van der Waals surface area (Å²) in [4.78, 5) is 9.01. The molecule has 112 valence electrons. The number of nitrogens with two attached hydrogens (primary N) is 1. The standard InChI is InChI=1S/C15H21N5O/c1-3-12-17-13(4-2)20(19-12)14-8-7-11(16)15(18-14)21-9-10-5-6-10/h7-8,10H,3-6,9,16H2,1-2H3. The van der Waals surface area contributed by atoms with Crippen LogP contribution >= 0.6 is 0 Å². The Balaban J connectivity index is 1.90. The van der Waals surface area contributed by atoms with E-state index < -0.39 is 0 Å². The van der Waals surface area contributed by atoms with Gasteiger partial charge in [0.2, 0.25) is 5.88 Å². The van der Waals surface area contributed by atoms with Crippen LogP contribution in [0.2, 0.25) is 0 Å². The van der Waals surface area contributed by atoms with Crippen molar-refractivity contribution in [3.63, 3.8) is 0 Å². The minimum absolute atomic E-state index is 0.495. The molecule has 0 aromatic carbocycles. The first-order valence-corrected chi connectivity index (χ1v) is 7.55. The lowest BCUT2D eigenvalue weighted by Gasteiger charge is -2.10. The molecule has 6 nitrogen and oxygen atoms in total. The van der Waals surface area contributed by atoms with E-state index in [1.807, 2.05) is 19.1 Å². The van der Waals surface area contributed by atoms with Crippen LogP contribution in [-0.4, -0.2) is 26.4 Å². The van der Waals surface area contributed by atoms with Crippen molar-refractivity contribution in [1.29, 1.82) is 0 Å². The Labute approximate surface area is 124 Å². The van der Waals surface area contributed by atoms with E-state index in [1.54, 1.807) is 4.68 Å². The number of nitrogen functional groups attached to an aromatic ring is 1. The van der Waals surface area contributed by atoms with Crippen LogP contribution in [0.25, 0.3) is 5.82 Å². The molecule has 0 bridgehead atoms. The highest BCUT2D eigenvalue weighted by molar-refractivity contribution is 5.50. The first kappa shape index (κ1) is 13.9. The van der Waals surface area contributed by atoms with Crippen LogP contribution in [0.4, 0.5) is 5.69 Å². The van der Waals surface area contributed by atoms with E-state index in [9.17, 15) is 0 Å². The first-order valence-electron chi connectivity index (χ1n) is 7.55. The molecule has 6 heteroatoms. The summed E-state index contributed by atoms with van der Waals surface area (Å²) in [5.41, 5.74) is 6.51. The maximum absolute atomic E-state index is 5.94. The molecule has 0 spiro atoms. The second kappa shape index (κ2) is 5.71. The number of hydrogen-bond donors (Lipinski definition) is 1. The van der Waals surface area contributed by atoms with Gasteiger partial charge in [-0.05, 0) is 30.9 Å². The lowest BCUT2D eigenvalue weighted by Crippen LogP contribution is -2.09. The number of ether oxygens (including phenoxy) is 1. The van der Waals surface area contributed by atoms with Crippen molar-refractivity contribution in [2.75, 3.05) is 12.3 Å². The van der Waals surface area contributed by atoms with Crippen molar-refractivity contribution in [2.24, 2.45) is 5.92 Å². The Hall–Kier alpha value is -2.11. The minimum Gasteiger partial charge on any atom is -0.476 e. The number of pyridine rings is 1. The first-order chi connectivity index (χ1) is 10.2. The predicted molar refractivity (Wildman–Crippen MR) is 80.5 cm³/mol. The largest absolute Gasteiger partial charge is 0.476 e. The molecule has 0 saturated heterocycles. The van der Waals surface area contributed by atoms with Crippen molar-refractivity contribution in [3.05, 3.63) is 23.8 Å². The molecule has 2 heterocycles. The molecule has 0 atom stereocenters. The van der Waals surface area contributed by atoms with Crippen LogP contribution < -0.4 is 10.5 Å². The number of rotatable bonds is 6. The van der Waals surface area contributed by atoms with Crippen LogP contribution in [0.15, 0.2) is 12.1 Å². The number of aryl methyl sites for hydroxylation is 2. The minimum atomic E-state index is 0.495. The smallest absolute Gasteiger partial charge is 0.239 e. The van der Waals surface area contributed by atoms with Gasteiger partial charge in [-0.1, -0.05) is 13.8 Å². The Morgan fingerprint density at radius 3 is 2.71 bits per heavy atom. The average molecular weight is 287 g/mol. The second-order valence-corrected chi connectivity index (χ2v) is 5.38. The number of hydrogen-bond acceptors (Lipinski definition) is 5. The summed E-state index contributed by atoms with van der Waals surface area (Å²) >= 11 is 0. The van der Waals surface area contributed by atoms with Gasteiger partial charge in [-0.25, -0.2) is 4.98 Å². The summed E-state index contributed by atoms with van der Waals surface area (Å²) in [5.74, 6) is 3.59. The summed E-state index contributed by atoms with van der Waals surface area (Å²) in [6, 6.07) is 3.67. The van der Waals surface area contributed by atoms with Crippen molar-refractivity contribution in [2.45, 2.75) is 39.5 Å². The van der Waals surface area contributed by atoms with Crippen LogP contribution in [0.5, 0.6) is 5.88 Å². The molecule has 21 heavy (non-hydrogen) atoms. The average Bonchev–Trinajstić information content (AvgIpc) is 3.23. The van der Waals surface area contributed by atoms with Crippen molar-refractivity contribution in [3.8, 4) is 11.7 Å². The van der Waals surface area contributed by atoms with E-state index in [-0.39, 0.29) is 0 Å². The third-order valence-corrected chi connectivity index (χ3v) is 3.60. The quantitative estimate of drug-likeness (QED) is 0.880. The van der Waals surface area contributed by atoms with E-state index in [2.05, 4.69) is 22.0 Å². The zero-order valence-corrected chi connectivity index (χ0v) is 12.5. The van der Waals surface area contributed by atoms with Crippen molar-refractivity contribution in [1.82, 2.24) is 19.7 Å². The molecule has 2 aromatic heterocycles. The molecular weight excluding hydrogens is 266 g/mol. The Morgan fingerprint density at radius 1 is 1.24 bits per heavy atom. The van der Waals surface area contributed by atoms with Gasteiger partial charge in [-0.15, -0.1) is 5.10 Å². The van der Waals surface area contributed by atoms with Crippen LogP contribution in [0.1, 0.15) is 38.3 Å². The molecule has 2 aromatic rings. The van der Waals surface area contributed by atoms with E-state index in [1.165, 1.54) is 12.8 Å². The Morgan fingerprint density at radius 2 is 2.05 bits per heavy atom. The third-order valence-electron chi connectivity index (χ3n) is 3.60. The van der Waals surface area contributed by atoms with Crippen molar-refractivity contribution >= 4 is 5.69 Å². The lowest BCUT2D eigenvalue weighted by atomic mass is 10.4. The fourth-order valence-electron chi connectivity index (χ4n) is 2.11. The van der Waals surface area contributed by atoms with Crippen molar-refractivity contribution < 1.29 is 4.74 Å². The lowest BCUT2D eigenvalue weighted by molar-refractivity contribution is 0.290. The topological polar surface area (TPSA) is 78.9 Å². The summed E-state index contributed by atoms with van der Waals surface area (Å²) in [6.07, 6.45) is 4.09. The van der Waals surface area contributed by atoms with E-state index >= 15 is 0 Å². The summed E-state index contributed by atoms with van der Waals surface area (Å²) in [5, 5.41) is 4.49. The zero-order chi connectivity index (χ0) is 14.8. The van der Waals surface area contributed by atoms with Gasteiger partial charge in [0.05, 0.1) is 12.3 Å². The van der Waals surface area contributed by atoms with Gasteiger partial charge < -0.3 is 10.5 Å². The molecule has 0 amide bonds. The number of nitrogens with zero attached hydrogens (tertiary/aromatic N) is 4. The summed E-state index contributed by atoms with van der Waals surface area (Å²) < 4.78 is 7.51. The summed E-state index contributed by atoms with van der Waals surface area (Å²) in [7, 11) is 0. The summed E-state index contributed by atoms with van der Waals surface area (Å²) in [6.45, 7) is 4.79. The molecule has 1 saturated carbocycles. The molecule has 0 aliphatic heterocycles. The highest BCUT2D eigenvalue weighted by Gasteiger charge is 2.23. The van der Waals surface area contributed by atoms with Gasteiger partial charge in [0, 0.05) is 12.8 Å². The molecule has 3 rings (SSSR count). The molecule has 1 fully saturated rings. The number of anilines is 1. The van der Waals surface area contributed by atoms with E-state index in [0.29, 0.717) is 29.9 Å². The highest BCUT2D eigenvalue weighted by Crippen LogP contribution is 2.30. The highest BCUT2D eigenvalue weighted by atomic mass is 16.5. The fraction of sp³-hybridized carbons (Fsp3) is 0.533. The van der Waals surface area contributed by atoms with Gasteiger partial charge >= 0.3 is 0 Å². The fourth-order valence-corrected chi connectivity index (χ4v) is 2.11. The third kappa shape index (κ3) is 2.99. The Kier molecular flexibility index (Phi) is 3.77. The van der Waals surface area contributed by atoms with E-state index in [4.69, 9.17) is 10.5 Å². The molecule has 1 aliphatic rings. The molecular formula is C15H21N5O. The van der Waals surface area contributed by atoms with Gasteiger partial charge in [-0.2, -0.15) is 9.67 Å². The van der Waals surface area contributed by atoms with Gasteiger partial charge in [0.15, 0.2) is 11.6 Å². The monoisotopic (exact) mass is 287 g/mol. The van der Waals surface area contributed by atoms with Gasteiger partial charge in [0.25, 0.3) is 0 Å². The van der Waals surface area contributed by atoms with Crippen LogP contribution in [0.3, 0.4) is 0 Å². The van der Waals surface area contributed by atoms with E-state index in [0.717, 1.165) is 24.5 Å². The zero-order valence-electron chi connectivity index (χ0n) is 12.5. The maximum Gasteiger partial charge on any atom is 0.239 e. The number of aromatic nitrogens is 4. The molecule has 0 radical (unpaired) electrons. The Bertz CT molecular complexity index is 633. The SMILES string of the molecule is CCc1nc(CC)n(-c2ccc(N)c(OCC3CC3)n2)n1. The normalized spacial score (nSPS) is 14.4. The second-order valence-electron chi connectivity index (χ2n) is 5.38. The van der Waals surface area contributed by atoms with Crippen LogP contribution in [-0.2, 0) is 12.8 Å². The molecule has 1 aliphatic carbocycles. The van der Waals surface area contributed by atoms with Gasteiger partial charge in [-0.3, -0.25) is 0 Å². The van der Waals surface area contributed by atoms with Crippen LogP contribution in [0, 0.1) is 5.92 Å². The molecule has 0 unspecified atom stereocenters. The predicted octanol–water partition coefficient (Wildman–Crippen LogP) is 2.16. The molecule has 2 N–H and O–H groups in total.